The highest BCUT2D eigenvalue weighted by atomic mass is 19.1. The Labute approximate surface area is 178 Å². The first-order valence-corrected chi connectivity index (χ1v) is 9.54. The number of oxime groups is 1. The minimum atomic E-state index is -0.911. The van der Waals surface area contributed by atoms with E-state index in [1.807, 2.05) is 24.3 Å². The van der Waals surface area contributed by atoms with Gasteiger partial charge in [0.25, 0.3) is 11.8 Å². The summed E-state index contributed by atoms with van der Waals surface area (Å²) in [6.45, 7) is 2.09. The Hall–Kier alpha value is -3.69. The molecular weight excluding hydrogens is 410 g/mol. The number of rotatable bonds is 7. The Kier molecular flexibility index (Phi) is 7.36. The second kappa shape index (κ2) is 10.4. The second-order valence-electron chi connectivity index (χ2n) is 6.69. The summed E-state index contributed by atoms with van der Waals surface area (Å²) in [5.74, 6) is -1.91. The molecule has 1 heterocycles. The fraction of sp³-hybridized carbons (Fsp3) is 0.286. The quantitative estimate of drug-likeness (QED) is 0.536. The van der Waals surface area contributed by atoms with Gasteiger partial charge < -0.3 is 24.7 Å². The molecule has 0 aliphatic carbocycles. The molecule has 0 unspecified atom stereocenters. The molecule has 0 radical (unpaired) electrons. The van der Waals surface area contributed by atoms with Crippen LogP contribution < -0.4 is 15.0 Å². The fourth-order valence-electron chi connectivity index (χ4n) is 3.03. The average molecular weight is 432 g/mol. The number of nitrogens with one attached hydrogen (secondary N) is 1. The van der Waals surface area contributed by atoms with Gasteiger partial charge in [0.05, 0.1) is 12.8 Å². The van der Waals surface area contributed by atoms with E-state index in [1.54, 1.807) is 12.0 Å². The minimum Gasteiger partial charge on any atom is -0.497 e. The summed E-state index contributed by atoms with van der Waals surface area (Å²) in [5, 5.41) is 5.62. The summed E-state index contributed by atoms with van der Waals surface area (Å²) in [7, 11) is 1.61. The van der Waals surface area contributed by atoms with Crippen LogP contribution in [0, 0.1) is 11.6 Å². The summed E-state index contributed by atoms with van der Waals surface area (Å²) < 4.78 is 31.5. The molecule has 3 rings (SSSR count). The van der Waals surface area contributed by atoms with Crippen LogP contribution in [-0.4, -0.2) is 62.8 Å². The zero-order valence-electron chi connectivity index (χ0n) is 16.9. The molecule has 8 nitrogen and oxygen atoms in total. The van der Waals surface area contributed by atoms with Crippen molar-refractivity contribution in [3.8, 4) is 5.75 Å². The molecule has 2 aromatic carbocycles. The van der Waals surface area contributed by atoms with E-state index in [-0.39, 0.29) is 18.2 Å². The first-order chi connectivity index (χ1) is 15.0. The van der Waals surface area contributed by atoms with E-state index in [1.165, 1.54) is 0 Å². The molecule has 1 aliphatic heterocycles. The average Bonchev–Trinajstić information content (AvgIpc) is 2.78. The van der Waals surface area contributed by atoms with Crippen molar-refractivity contribution < 1.29 is 27.9 Å². The summed E-state index contributed by atoms with van der Waals surface area (Å²) >= 11 is 0. The van der Waals surface area contributed by atoms with Crippen molar-refractivity contribution in [3.05, 3.63) is 54.1 Å². The monoisotopic (exact) mass is 432 g/mol. The van der Waals surface area contributed by atoms with Gasteiger partial charge in [-0.2, -0.15) is 0 Å². The maximum absolute atomic E-state index is 13.5. The van der Waals surface area contributed by atoms with Gasteiger partial charge in [-0.15, -0.1) is 0 Å². The Balaban J connectivity index is 1.39. The normalized spacial score (nSPS) is 13.9. The topological polar surface area (TPSA) is 83.5 Å². The van der Waals surface area contributed by atoms with Crippen LogP contribution in [0.2, 0.25) is 0 Å². The van der Waals surface area contributed by atoms with E-state index in [0.29, 0.717) is 32.2 Å². The van der Waals surface area contributed by atoms with Gasteiger partial charge in [0.2, 0.25) is 0 Å². The summed E-state index contributed by atoms with van der Waals surface area (Å²) in [6.07, 6.45) is 0.775. The molecule has 1 aliphatic rings. The van der Waals surface area contributed by atoms with E-state index < -0.39 is 17.5 Å². The molecule has 0 atom stereocenters. The number of ether oxygens (including phenoxy) is 1. The number of methoxy groups -OCH3 is 1. The van der Waals surface area contributed by atoms with E-state index in [4.69, 9.17) is 9.57 Å². The lowest BCUT2D eigenvalue weighted by Crippen LogP contribution is -2.49. The Morgan fingerprint density at radius 3 is 2.45 bits per heavy atom. The van der Waals surface area contributed by atoms with Gasteiger partial charge in [0.1, 0.15) is 23.6 Å². The SMILES string of the molecule is COc1ccc(N2CCN(C(=O)CO/N=C/C(=O)Nc3ccc(F)cc3F)CC2)cc1. The first-order valence-electron chi connectivity index (χ1n) is 9.54. The molecule has 0 spiro atoms. The second-order valence-corrected chi connectivity index (χ2v) is 6.69. The van der Waals surface area contributed by atoms with Crippen molar-refractivity contribution in [3.63, 3.8) is 0 Å². The van der Waals surface area contributed by atoms with Crippen molar-refractivity contribution in [2.75, 3.05) is 50.1 Å². The molecule has 2 aromatic rings. The maximum atomic E-state index is 13.5. The van der Waals surface area contributed by atoms with Crippen LogP contribution in [0.15, 0.2) is 47.6 Å². The van der Waals surface area contributed by atoms with Gasteiger partial charge >= 0.3 is 0 Å². The van der Waals surface area contributed by atoms with E-state index in [2.05, 4.69) is 15.4 Å². The predicted molar refractivity (Wildman–Crippen MR) is 111 cm³/mol. The Morgan fingerprint density at radius 2 is 1.81 bits per heavy atom. The maximum Gasteiger partial charge on any atom is 0.270 e. The summed E-state index contributed by atoms with van der Waals surface area (Å²) in [5.41, 5.74) is 0.862. The highest BCUT2D eigenvalue weighted by Gasteiger charge is 2.21. The van der Waals surface area contributed by atoms with Crippen LogP contribution in [0.25, 0.3) is 0 Å². The smallest absolute Gasteiger partial charge is 0.270 e. The van der Waals surface area contributed by atoms with Crippen molar-refractivity contribution in [2.24, 2.45) is 5.16 Å². The van der Waals surface area contributed by atoms with Gasteiger partial charge in [0, 0.05) is 37.9 Å². The third-order valence-corrected chi connectivity index (χ3v) is 4.69. The molecule has 0 saturated carbocycles. The zero-order valence-corrected chi connectivity index (χ0v) is 16.9. The number of carbonyl (C=O) groups is 2. The number of hydrogen-bond donors (Lipinski definition) is 1. The highest BCUT2D eigenvalue weighted by molar-refractivity contribution is 6.31. The molecule has 1 saturated heterocycles. The van der Waals surface area contributed by atoms with Crippen LogP contribution >= 0.6 is 0 Å². The van der Waals surface area contributed by atoms with Crippen LogP contribution in [0.4, 0.5) is 20.2 Å². The number of piperazine rings is 1. The van der Waals surface area contributed by atoms with Gasteiger partial charge in [0.15, 0.2) is 6.61 Å². The van der Waals surface area contributed by atoms with Crippen molar-refractivity contribution in [2.45, 2.75) is 0 Å². The number of amides is 2. The standard InChI is InChI=1S/C21H22F2N4O4/c1-30-17-5-3-16(4-6-17)26-8-10-27(11-9-26)21(29)14-31-24-13-20(28)25-19-7-2-15(22)12-18(19)23/h2-7,12-13H,8-11,14H2,1H3,(H,25,28)/b24-13+. The number of nitrogens with zero attached hydrogens (tertiary/aromatic N) is 3. The van der Waals surface area contributed by atoms with Gasteiger partial charge in [-0.1, -0.05) is 5.16 Å². The number of halogens is 2. The number of anilines is 2. The van der Waals surface area contributed by atoms with Gasteiger partial charge in [-0.05, 0) is 36.4 Å². The van der Waals surface area contributed by atoms with Crippen LogP contribution in [-0.2, 0) is 14.4 Å². The third-order valence-electron chi connectivity index (χ3n) is 4.69. The molecule has 1 N–H and O–H groups in total. The molecule has 10 heteroatoms. The molecule has 164 valence electrons. The molecule has 0 bridgehead atoms. The molecule has 2 amide bonds. The van der Waals surface area contributed by atoms with E-state index in [9.17, 15) is 18.4 Å². The van der Waals surface area contributed by atoms with E-state index in [0.717, 1.165) is 29.8 Å². The lowest BCUT2D eigenvalue weighted by molar-refractivity contribution is -0.136. The highest BCUT2D eigenvalue weighted by Crippen LogP contribution is 2.20. The molecule has 1 fully saturated rings. The van der Waals surface area contributed by atoms with Crippen molar-refractivity contribution >= 4 is 29.4 Å². The Bertz CT molecular complexity index is 945. The largest absolute Gasteiger partial charge is 0.497 e. The minimum absolute atomic E-state index is 0.191. The van der Waals surface area contributed by atoms with Gasteiger partial charge in [-0.25, -0.2) is 8.78 Å². The van der Waals surface area contributed by atoms with Crippen molar-refractivity contribution in [1.29, 1.82) is 0 Å². The summed E-state index contributed by atoms with van der Waals surface area (Å²) in [6, 6.07) is 10.5. The van der Waals surface area contributed by atoms with Crippen LogP contribution in [0.1, 0.15) is 0 Å². The predicted octanol–water partition coefficient (Wildman–Crippen LogP) is 2.26. The Morgan fingerprint density at radius 1 is 1.10 bits per heavy atom. The van der Waals surface area contributed by atoms with Crippen LogP contribution in [0.3, 0.4) is 0 Å². The number of carbonyl (C=O) groups excluding carboxylic acids is 2. The van der Waals surface area contributed by atoms with Gasteiger partial charge in [-0.3, -0.25) is 9.59 Å². The lowest BCUT2D eigenvalue weighted by atomic mass is 10.2. The zero-order chi connectivity index (χ0) is 22.2. The molecular formula is C21H22F2N4O4. The number of benzene rings is 2. The molecule has 0 aromatic heterocycles. The number of hydrogen-bond acceptors (Lipinski definition) is 6. The van der Waals surface area contributed by atoms with Crippen LogP contribution in [0.5, 0.6) is 5.75 Å². The summed E-state index contributed by atoms with van der Waals surface area (Å²) in [4.78, 5) is 32.6. The van der Waals surface area contributed by atoms with Crippen molar-refractivity contribution in [1.82, 2.24) is 4.90 Å². The van der Waals surface area contributed by atoms with E-state index >= 15 is 0 Å². The first kappa shape index (κ1) is 22.0. The lowest BCUT2D eigenvalue weighted by Gasteiger charge is -2.35. The molecule has 31 heavy (non-hydrogen) atoms. The fourth-order valence-corrected chi connectivity index (χ4v) is 3.03. The third kappa shape index (κ3) is 6.14.